The summed E-state index contributed by atoms with van der Waals surface area (Å²) < 4.78 is 49.5. The molecule has 2 heterocycles. The number of allylic oxidation sites excluding steroid dienone is 1. The van der Waals surface area contributed by atoms with Crippen molar-refractivity contribution in [2.75, 3.05) is 6.61 Å². The van der Waals surface area contributed by atoms with Gasteiger partial charge >= 0.3 is 17.9 Å². The van der Waals surface area contributed by atoms with E-state index in [-0.39, 0.29) is 32.9 Å². The van der Waals surface area contributed by atoms with Gasteiger partial charge in [-0.15, -0.1) is 16.5 Å². The molecule has 1 fully saturated rings. The van der Waals surface area contributed by atoms with Gasteiger partial charge < -0.3 is 27.9 Å². The number of carbonyl (C=O) groups excluding carboxylic acids is 3. The van der Waals surface area contributed by atoms with Crippen molar-refractivity contribution in [2.24, 2.45) is 5.92 Å². The summed E-state index contributed by atoms with van der Waals surface area (Å²) in [7, 11) is -2.19. The average molecular weight is 836 g/mol. The first-order valence-corrected chi connectivity index (χ1v) is 24.4. The van der Waals surface area contributed by atoms with Crippen LogP contribution in [0.2, 0.25) is 18.1 Å². The highest BCUT2D eigenvalue weighted by atomic mass is 32.2. The highest BCUT2D eigenvalue weighted by molar-refractivity contribution is 8.00. The van der Waals surface area contributed by atoms with Crippen molar-refractivity contribution >= 4 is 49.3 Å². The molecule has 3 aromatic carbocycles. The van der Waals surface area contributed by atoms with Gasteiger partial charge in [-0.3, -0.25) is 0 Å². The maximum absolute atomic E-state index is 14.1. The van der Waals surface area contributed by atoms with Crippen molar-refractivity contribution < 1.29 is 42.3 Å². The Hall–Kier alpha value is -3.43. The molecule has 13 heteroatoms. The van der Waals surface area contributed by atoms with Crippen molar-refractivity contribution in [1.29, 1.82) is 0 Å². The fourth-order valence-electron chi connectivity index (χ4n) is 6.13. The lowest BCUT2D eigenvalue weighted by atomic mass is 9.87. The molecule has 2 aliphatic rings. The number of rotatable bonds is 11. The Balaban J connectivity index is 1.67. The van der Waals surface area contributed by atoms with Crippen molar-refractivity contribution in [3.8, 4) is 0 Å². The van der Waals surface area contributed by atoms with Gasteiger partial charge in [0.2, 0.25) is 0 Å². The van der Waals surface area contributed by atoms with Gasteiger partial charge in [-0.25, -0.2) is 14.4 Å². The summed E-state index contributed by atoms with van der Waals surface area (Å²) in [6.45, 7) is 18.9. The molecule has 5 rings (SSSR count). The maximum Gasteiger partial charge on any atom is 0.338 e. The maximum atomic E-state index is 14.1. The van der Waals surface area contributed by atoms with E-state index < -0.39 is 78.2 Å². The molecule has 2 bridgehead atoms. The fraction of sp³-hybridized carbons (Fsp3) is 0.477. The first-order valence-electron chi connectivity index (χ1n) is 19.4. The number of thioether (sulfide) groups is 1. The summed E-state index contributed by atoms with van der Waals surface area (Å²) in [5.74, 6) is -2.38. The second-order valence-corrected chi connectivity index (χ2v) is 25.3. The zero-order valence-corrected chi connectivity index (χ0v) is 37.0. The molecule has 10 nitrogen and oxygen atoms in total. The van der Waals surface area contributed by atoms with Gasteiger partial charge in [-0.2, -0.15) is 0 Å². The van der Waals surface area contributed by atoms with Gasteiger partial charge in [-0.05, 0) is 87.6 Å². The molecule has 0 aliphatic carbocycles. The second-order valence-electron chi connectivity index (χ2n) is 17.1. The lowest BCUT2D eigenvalue weighted by molar-refractivity contribution is -0.207. The summed E-state index contributed by atoms with van der Waals surface area (Å²) in [6, 6.07) is 24.7. The van der Waals surface area contributed by atoms with Gasteiger partial charge in [0.15, 0.2) is 26.6 Å². The number of hydrogen-bond acceptors (Lipinski definition) is 11. The molecule has 308 valence electrons. The van der Waals surface area contributed by atoms with Crippen LogP contribution in [0.3, 0.4) is 0 Å². The number of fused-ring (bicyclic) bond motifs is 2. The minimum absolute atomic E-state index is 0.0353. The van der Waals surface area contributed by atoms with Crippen LogP contribution >= 0.6 is 11.8 Å². The molecule has 0 unspecified atom stereocenters. The highest BCUT2D eigenvalue weighted by Crippen LogP contribution is 2.42. The molecule has 0 spiro atoms. The van der Waals surface area contributed by atoms with E-state index in [0.29, 0.717) is 13.0 Å². The molecule has 0 amide bonds. The third-order valence-electron chi connectivity index (χ3n) is 10.6. The topological polar surface area (TPSA) is 132 Å². The SMILES string of the molecule is C[C@@H]1/C=C\C[C@@H](CO[Si](C)(C)C(C)(C)C)S[C@H]2O[C@H]([C@@H]1N[S@+]([O-])C(C)(C)C)[C@H](OC(=O)c1ccccc1)[C@H](OC(=O)c1ccccc1)[C@H]2OC(=O)c1ccccc1. The van der Waals surface area contributed by atoms with E-state index in [1.165, 1.54) is 11.8 Å². The molecule has 0 saturated carbocycles. The van der Waals surface area contributed by atoms with Gasteiger partial charge in [-0.1, -0.05) is 94.4 Å². The minimum atomic E-state index is -2.19. The normalized spacial score (nSPS) is 26.7. The number of ether oxygens (including phenoxy) is 4. The molecule has 3 aromatic rings. The first kappa shape index (κ1) is 44.7. The summed E-state index contributed by atoms with van der Waals surface area (Å²) in [5, 5.41) is -0.208. The second kappa shape index (κ2) is 19.1. The Bertz CT molecular complexity index is 1820. The Morgan fingerprint density at radius 3 is 1.68 bits per heavy atom. The van der Waals surface area contributed by atoms with Crippen molar-refractivity contribution in [3.05, 3.63) is 120 Å². The number of carbonyl (C=O) groups is 3. The van der Waals surface area contributed by atoms with Crippen LogP contribution in [0.1, 0.15) is 86.0 Å². The van der Waals surface area contributed by atoms with Gasteiger partial charge in [0.1, 0.15) is 16.3 Å². The number of nitrogens with one attached hydrogen (secondary N) is 1. The largest absolute Gasteiger partial charge is 0.598 e. The predicted molar refractivity (Wildman–Crippen MR) is 228 cm³/mol. The Morgan fingerprint density at radius 2 is 1.23 bits per heavy atom. The molecule has 57 heavy (non-hydrogen) atoms. The Labute approximate surface area is 346 Å². The van der Waals surface area contributed by atoms with Crippen LogP contribution in [-0.2, 0) is 34.7 Å². The summed E-state index contributed by atoms with van der Waals surface area (Å²) in [4.78, 5) is 42.1. The van der Waals surface area contributed by atoms with Crippen molar-refractivity contribution in [3.63, 3.8) is 0 Å². The van der Waals surface area contributed by atoms with Crippen LogP contribution in [0.5, 0.6) is 0 Å². The number of esters is 3. The first-order chi connectivity index (χ1) is 26.9. The van der Waals surface area contributed by atoms with E-state index in [4.69, 9.17) is 23.4 Å². The Kier molecular flexibility index (Phi) is 15.0. The molecule has 0 aromatic heterocycles. The Morgan fingerprint density at radius 1 is 0.772 bits per heavy atom. The summed E-state index contributed by atoms with van der Waals surface area (Å²) in [6.07, 6.45) is -0.269. The predicted octanol–water partition coefficient (Wildman–Crippen LogP) is 8.53. The lowest BCUT2D eigenvalue weighted by Crippen LogP contribution is -2.67. The van der Waals surface area contributed by atoms with E-state index in [1.807, 2.05) is 33.8 Å². The molecular weight excluding hydrogens is 779 g/mol. The number of benzene rings is 3. The fourth-order valence-corrected chi connectivity index (χ4v) is 9.56. The lowest BCUT2D eigenvalue weighted by Gasteiger charge is -2.48. The molecule has 9 atom stereocenters. The van der Waals surface area contributed by atoms with Crippen LogP contribution in [0, 0.1) is 5.92 Å². The van der Waals surface area contributed by atoms with Crippen LogP contribution in [-0.4, -0.2) is 83.3 Å². The summed E-state index contributed by atoms with van der Waals surface area (Å²) >= 11 is -0.172. The minimum Gasteiger partial charge on any atom is -0.598 e. The average Bonchev–Trinajstić information content (AvgIpc) is 3.17. The van der Waals surface area contributed by atoms with Crippen molar-refractivity contribution in [2.45, 2.75) is 119 Å². The molecule has 1 saturated heterocycles. The van der Waals surface area contributed by atoms with Crippen LogP contribution in [0.4, 0.5) is 0 Å². The summed E-state index contributed by atoms with van der Waals surface area (Å²) in [5.41, 5.74) is -0.141. The zero-order valence-electron chi connectivity index (χ0n) is 34.3. The van der Waals surface area contributed by atoms with Gasteiger partial charge in [0.05, 0.1) is 22.7 Å². The van der Waals surface area contributed by atoms with Gasteiger partial charge in [0.25, 0.3) is 0 Å². The molecule has 0 radical (unpaired) electrons. The van der Waals surface area contributed by atoms with Crippen LogP contribution < -0.4 is 4.72 Å². The van der Waals surface area contributed by atoms with E-state index in [2.05, 4.69) is 44.7 Å². The third-order valence-corrected chi connectivity index (χ3v) is 18.1. The zero-order chi connectivity index (χ0) is 41.5. The van der Waals surface area contributed by atoms with E-state index in [0.717, 1.165) is 0 Å². The standard InChI is InChI=1S/C44H57NO9S2Si/c1-29-20-19-27-33(28-50-57(8,9)44(5,6)7)55-42-38(53-41(48)32-25-17-12-18-26-32)37(52-40(47)31-23-15-11-16-24-31)36(51-39(46)30-21-13-10-14-22-30)35(54-42)34(29)45-56(49)43(2,3)4/h10-26,29,33-38,42,45H,27-28H2,1-9H3/b20-19-/t29-,33+,34-,35-,36+,37+,38-,42-,56-/m1/s1. The smallest absolute Gasteiger partial charge is 0.338 e. The van der Waals surface area contributed by atoms with E-state index in [1.54, 1.807) is 91.0 Å². The van der Waals surface area contributed by atoms with Gasteiger partial charge in [0, 0.05) is 23.2 Å². The quantitative estimate of drug-likeness (QED) is 0.0656. The number of hydrogen-bond donors (Lipinski definition) is 1. The van der Waals surface area contributed by atoms with Crippen molar-refractivity contribution in [1.82, 2.24) is 4.72 Å². The van der Waals surface area contributed by atoms with Crippen LogP contribution in [0.15, 0.2) is 103 Å². The molecule has 1 N–H and O–H groups in total. The monoisotopic (exact) mass is 835 g/mol. The van der Waals surface area contributed by atoms with E-state index in [9.17, 15) is 18.9 Å². The third kappa shape index (κ3) is 11.6. The van der Waals surface area contributed by atoms with E-state index >= 15 is 0 Å². The molecule has 2 aliphatic heterocycles. The molecular formula is C44H57NO9S2Si. The van der Waals surface area contributed by atoms with Crippen LogP contribution in [0.25, 0.3) is 0 Å². The highest BCUT2D eigenvalue weighted by Gasteiger charge is 2.57.